The Morgan fingerprint density at radius 2 is 1.91 bits per heavy atom. The average Bonchev–Trinajstić information content (AvgIpc) is 2.72. The number of hydrogen-bond donors (Lipinski definition) is 3. The predicted octanol–water partition coefficient (Wildman–Crippen LogP) is 3.12. The lowest BCUT2D eigenvalue weighted by atomic mass is 10.0. The number of ketones is 1. The molecule has 9 nitrogen and oxygen atoms in total. The zero-order valence-electron chi connectivity index (χ0n) is 17.8. The zero-order valence-corrected chi connectivity index (χ0v) is 19.3. The summed E-state index contributed by atoms with van der Waals surface area (Å²) in [4.78, 5) is 35.4. The van der Waals surface area contributed by atoms with E-state index < -0.39 is 24.2 Å². The number of aromatic nitrogens is 2. The Bertz CT molecular complexity index is 1070. The maximum Gasteiger partial charge on any atom is 0.313 e. The van der Waals surface area contributed by atoms with E-state index in [1.54, 1.807) is 31.2 Å². The molecule has 0 radical (unpaired) electrons. The quantitative estimate of drug-likeness (QED) is 0.268. The Morgan fingerprint density at radius 1 is 1.25 bits per heavy atom. The third-order valence-corrected chi connectivity index (χ3v) is 5.12. The van der Waals surface area contributed by atoms with E-state index in [0.29, 0.717) is 39.0 Å². The molecule has 1 aromatic heterocycles. The van der Waals surface area contributed by atoms with Gasteiger partial charge in [-0.2, -0.15) is 10.4 Å². The van der Waals surface area contributed by atoms with Crippen molar-refractivity contribution in [2.24, 2.45) is 0 Å². The average molecular weight is 480 g/mol. The van der Waals surface area contributed by atoms with Crippen LogP contribution in [0.25, 0.3) is 0 Å². The number of benzene rings is 1. The molecule has 32 heavy (non-hydrogen) atoms. The molecule has 1 atom stereocenters. The van der Waals surface area contributed by atoms with Crippen molar-refractivity contribution in [1.29, 1.82) is 5.26 Å². The largest absolute Gasteiger partial charge is 0.466 e. The molecule has 2 aromatic rings. The summed E-state index contributed by atoms with van der Waals surface area (Å²) in [6.07, 6.45) is -0.230. The van der Waals surface area contributed by atoms with Crippen LogP contribution in [0.15, 0.2) is 23.0 Å². The zero-order chi connectivity index (χ0) is 23.8. The van der Waals surface area contributed by atoms with Gasteiger partial charge in [-0.05, 0) is 36.6 Å². The van der Waals surface area contributed by atoms with E-state index in [1.807, 2.05) is 13.8 Å². The highest BCUT2D eigenvalue weighted by Crippen LogP contribution is 2.30. The minimum Gasteiger partial charge on any atom is -0.466 e. The molecule has 0 spiro atoms. The molecule has 0 bridgehead atoms. The lowest BCUT2D eigenvalue weighted by molar-refractivity contribution is -0.145. The summed E-state index contributed by atoms with van der Waals surface area (Å²) in [5, 5.41) is 16.4. The fourth-order valence-electron chi connectivity index (χ4n) is 2.81. The molecule has 0 aliphatic carbocycles. The van der Waals surface area contributed by atoms with Crippen LogP contribution in [0, 0.1) is 11.3 Å². The van der Waals surface area contributed by atoms with Crippen LogP contribution in [0.3, 0.4) is 0 Å². The maximum atomic E-state index is 12.1. The third kappa shape index (κ3) is 6.79. The van der Waals surface area contributed by atoms with Crippen LogP contribution in [0.5, 0.6) is 0 Å². The van der Waals surface area contributed by atoms with Crippen molar-refractivity contribution >= 4 is 40.6 Å². The second-order valence-corrected chi connectivity index (χ2v) is 7.99. The van der Waals surface area contributed by atoms with Crippen LogP contribution in [0.4, 0.5) is 5.69 Å². The third-order valence-electron chi connectivity index (χ3n) is 4.44. The highest BCUT2D eigenvalue weighted by atomic mass is 35.5. The van der Waals surface area contributed by atoms with Crippen LogP contribution in [0.1, 0.15) is 49.9 Å². The first-order chi connectivity index (χ1) is 15.2. The molecular weight excluding hydrogens is 457 g/mol. The predicted molar refractivity (Wildman–Crippen MR) is 121 cm³/mol. The molecular formula is C21H23Cl2N5O4. The van der Waals surface area contributed by atoms with Gasteiger partial charge in [-0.1, -0.05) is 37.0 Å². The number of hydrogen-bond acceptors (Lipinski definition) is 8. The number of esters is 1. The van der Waals surface area contributed by atoms with Gasteiger partial charge in [0.05, 0.1) is 24.1 Å². The van der Waals surface area contributed by atoms with Crippen LogP contribution in [-0.4, -0.2) is 34.6 Å². The number of halogens is 2. The number of nitriles is 1. The molecule has 0 aliphatic heterocycles. The summed E-state index contributed by atoms with van der Waals surface area (Å²) < 4.78 is 4.71. The van der Waals surface area contributed by atoms with Crippen molar-refractivity contribution in [3.63, 3.8) is 0 Å². The molecule has 0 saturated heterocycles. The highest BCUT2D eigenvalue weighted by Gasteiger charge is 2.21. The molecule has 170 valence electrons. The van der Waals surface area contributed by atoms with Gasteiger partial charge in [-0.25, -0.2) is 10.5 Å². The number of aromatic amines is 1. The molecule has 0 aliphatic rings. The monoisotopic (exact) mass is 479 g/mol. The lowest BCUT2D eigenvalue weighted by Crippen LogP contribution is -2.40. The van der Waals surface area contributed by atoms with Gasteiger partial charge in [0, 0.05) is 22.0 Å². The van der Waals surface area contributed by atoms with E-state index in [0.717, 1.165) is 0 Å². The van der Waals surface area contributed by atoms with E-state index in [4.69, 9.17) is 27.9 Å². The first-order valence-electron chi connectivity index (χ1n) is 9.82. The van der Waals surface area contributed by atoms with Crippen molar-refractivity contribution in [2.45, 2.75) is 45.6 Å². The molecule has 3 N–H and O–H groups in total. The lowest BCUT2D eigenvalue weighted by Gasteiger charge is -2.15. The number of nitrogens with one attached hydrogen (secondary N) is 3. The summed E-state index contributed by atoms with van der Waals surface area (Å²) >= 11 is 12.8. The summed E-state index contributed by atoms with van der Waals surface area (Å²) in [5.41, 5.74) is 7.23. The number of rotatable bonds is 10. The van der Waals surface area contributed by atoms with Gasteiger partial charge in [-0.15, -0.1) is 0 Å². The molecule has 0 fully saturated rings. The highest BCUT2D eigenvalue weighted by molar-refractivity contribution is 6.36. The molecule has 0 saturated carbocycles. The Hall–Kier alpha value is -2.93. The van der Waals surface area contributed by atoms with Gasteiger partial charge in [0.2, 0.25) is 0 Å². The summed E-state index contributed by atoms with van der Waals surface area (Å²) in [7, 11) is 0. The number of hydrazine groups is 1. The van der Waals surface area contributed by atoms with Crippen LogP contribution < -0.4 is 16.4 Å². The van der Waals surface area contributed by atoms with E-state index >= 15 is 0 Å². The molecule has 1 unspecified atom stereocenters. The second-order valence-electron chi connectivity index (χ2n) is 7.17. The smallest absolute Gasteiger partial charge is 0.313 e. The molecule has 2 rings (SSSR count). The number of ether oxygens (including phenoxy) is 1. The first-order valence-corrected chi connectivity index (χ1v) is 10.6. The molecule has 1 aromatic carbocycles. The standard InChI is InChI=1S/C21H23Cl2N5O4/c1-4-32-20(30)9-19(29)18(10-24)27-25-13-7-16(22)15(17(23)8-13)6-12-5-14(11(2)3)21(31)28-26-12/h5,7-8,11,18,25,27H,4,6,9H2,1-3H3,(H,28,31). The minimum atomic E-state index is -1.28. The Kier molecular flexibility index (Phi) is 9.20. The van der Waals surface area contributed by atoms with Gasteiger partial charge in [0.15, 0.2) is 11.8 Å². The fourth-order valence-corrected chi connectivity index (χ4v) is 3.43. The number of nitrogens with zero attached hydrogens (tertiary/aromatic N) is 2. The van der Waals surface area contributed by atoms with Gasteiger partial charge in [-0.3, -0.25) is 14.4 Å². The fraction of sp³-hybridized carbons (Fsp3) is 0.381. The van der Waals surface area contributed by atoms with E-state index in [9.17, 15) is 19.6 Å². The summed E-state index contributed by atoms with van der Waals surface area (Å²) in [6.45, 7) is 5.59. The van der Waals surface area contributed by atoms with Crippen LogP contribution >= 0.6 is 23.2 Å². The normalized spacial score (nSPS) is 11.7. The Labute approximate surface area is 195 Å². The van der Waals surface area contributed by atoms with Crippen LogP contribution in [0.2, 0.25) is 10.0 Å². The van der Waals surface area contributed by atoms with E-state index in [1.165, 1.54) is 0 Å². The summed E-state index contributed by atoms with van der Waals surface area (Å²) in [5.74, 6) is -1.31. The number of Topliss-reactive ketones (excluding diaryl/α,β-unsaturated/α-hetero) is 1. The molecule has 1 heterocycles. The van der Waals surface area contributed by atoms with Crippen LogP contribution in [-0.2, 0) is 20.7 Å². The molecule has 0 amide bonds. The summed E-state index contributed by atoms with van der Waals surface area (Å²) in [6, 6.07) is 5.34. The maximum absolute atomic E-state index is 12.1. The van der Waals surface area contributed by atoms with Gasteiger partial charge >= 0.3 is 5.97 Å². The van der Waals surface area contributed by atoms with Gasteiger partial charge in [0.1, 0.15) is 6.42 Å². The first kappa shape index (κ1) is 25.3. The topological polar surface area (TPSA) is 137 Å². The second kappa shape index (κ2) is 11.6. The van der Waals surface area contributed by atoms with Gasteiger partial charge in [0.25, 0.3) is 5.56 Å². The van der Waals surface area contributed by atoms with Gasteiger partial charge < -0.3 is 10.2 Å². The van der Waals surface area contributed by atoms with Crippen molar-refractivity contribution in [3.8, 4) is 6.07 Å². The van der Waals surface area contributed by atoms with Crippen molar-refractivity contribution in [2.75, 3.05) is 12.0 Å². The van der Waals surface area contributed by atoms with Crippen molar-refractivity contribution in [1.82, 2.24) is 15.6 Å². The SMILES string of the molecule is CCOC(=O)CC(=O)C(C#N)NNc1cc(Cl)c(Cc2cc(C(C)C)c(=O)[nH]n2)c(Cl)c1. The van der Waals surface area contributed by atoms with Crippen molar-refractivity contribution < 1.29 is 14.3 Å². The number of carbonyl (C=O) groups is 2. The van der Waals surface area contributed by atoms with Crippen molar-refractivity contribution in [3.05, 3.63) is 55.4 Å². The molecule has 11 heteroatoms. The number of anilines is 1. The number of carbonyl (C=O) groups excluding carboxylic acids is 2. The number of H-pyrrole nitrogens is 1. The van der Waals surface area contributed by atoms with E-state index in [2.05, 4.69) is 21.0 Å². The van der Waals surface area contributed by atoms with E-state index in [-0.39, 0.29) is 18.1 Å². The minimum absolute atomic E-state index is 0.0312. The Balaban J connectivity index is 2.11. The Morgan fingerprint density at radius 3 is 2.47 bits per heavy atom.